The minimum Gasteiger partial charge on any atom is -0.463 e. The number of carbonyl (C=O) groups excluding carboxylic acids is 1. The van der Waals surface area contributed by atoms with Crippen LogP contribution in [-0.2, 0) is 0 Å². The summed E-state index contributed by atoms with van der Waals surface area (Å²) in [6, 6.07) is 3.36. The molecule has 0 bridgehead atoms. The molecular weight excluding hydrogens is 196 g/mol. The van der Waals surface area contributed by atoms with Gasteiger partial charge in [0, 0.05) is 0 Å². The molecule has 0 aliphatic carbocycles. The summed E-state index contributed by atoms with van der Waals surface area (Å²) in [6.45, 7) is 0. The lowest BCUT2D eigenvalue weighted by Crippen LogP contribution is -2.15. The highest BCUT2D eigenvalue weighted by Crippen LogP contribution is 2.25. The summed E-state index contributed by atoms with van der Waals surface area (Å²) in [4.78, 5) is 11.0. The van der Waals surface area contributed by atoms with Crippen LogP contribution in [0, 0.1) is 0 Å². The molecule has 1 amide bonds. The van der Waals surface area contributed by atoms with Crippen molar-refractivity contribution in [3.05, 3.63) is 30.2 Å². The second kappa shape index (κ2) is 3.41. The van der Waals surface area contributed by atoms with E-state index >= 15 is 0 Å². The van der Waals surface area contributed by atoms with Gasteiger partial charge in [-0.05, 0) is 12.1 Å². The van der Waals surface area contributed by atoms with Crippen LogP contribution in [0.2, 0.25) is 0 Å². The van der Waals surface area contributed by atoms with Crippen molar-refractivity contribution in [1.82, 2.24) is 10.2 Å². The van der Waals surface area contributed by atoms with E-state index in [1.165, 1.54) is 12.5 Å². The number of hydrogen-bond acceptors (Lipinski definition) is 5. The number of nitrogen functional groups attached to an aromatic ring is 1. The summed E-state index contributed by atoms with van der Waals surface area (Å²) in [6.07, 6.45) is 2.71. The topological polar surface area (TPSA) is 108 Å². The second-order valence-corrected chi connectivity index (χ2v) is 2.86. The second-order valence-electron chi connectivity index (χ2n) is 2.86. The van der Waals surface area contributed by atoms with Gasteiger partial charge in [0.05, 0.1) is 23.7 Å². The molecule has 0 aliphatic heterocycles. The molecule has 6 heteroatoms. The van der Waals surface area contributed by atoms with Gasteiger partial charge < -0.3 is 15.9 Å². The van der Waals surface area contributed by atoms with Crippen LogP contribution in [0.1, 0.15) is 10.4 Å². The predicted molar refractivity (Wildman–Crippen MR) is 52.7 cm³/mol. The fraction of sp³-hybridized carbons (Fsp3) is 0. The Morgan fingerprint density at radius 2 is 2.27 bits per heavy atom. The maximum absolute atomic E-state index is 11.0. The number of nitrogens with zero attached hydrogens (tertiary/aromatic N) is 2. The van der Waals surface area contributed by atoms with Crippen molar-refractivity contribution in [1.29, 1.82) is 0 Å². The van der Waals surface area contributed by atoms with Gasteiger partial charge in [0.1, 0.15) is 0 Å². The van der Waals surface area contributed by atoms with Crippen molar-refractivity contribution in [3.8, 4) is 11.5 Å². The number of furan rings is 1. The first-order chi connectivity index (χ1) is 7.20. The van der Waals surface area contributed by atoms with Crippen molar-refractivity contribution < 1.29 is 9.21 Å². The fourth-order valence-electron chi connectivity index (χ4n) is 1.19. The van der Waals surface area contributed by atoms with Crippen LogP contribution < -0.4 is 11.5 Å². The van der Waals surface area contributed by atoms with Crippen molar-refractivity contribution in [3.63, 3.8) is 0 Å². The highest BCUT2D eigenvalue weighted by Gasteiger charge is 2.14. The first kappa shape index (κ1) is 9.20. The van der Waals surface area contributed by atoms with Crippen LogP contribution in [0.4, 0.5) is 5.69 Å². The van der Waals surface area contributed by atoms with Crippen molar-refractivity contribution in [2.24, 2.45) is 5.73 Å². The van der Waals surface area contributed by atoms with Gasteiger partial charge in [-0.15, -0.1) is 5.10 Å². The van der Waals surface area contributed by atoms with Gasteiger partial charge in [-0.1, -0.05) is 0 Å². The lowest BCUT2D eigenvalue weighted by molar-refractivity contribution is 0.100. The third-order valence-corrected chi connectivity index (χ3v) is 1.91. The summed E-state index contributed by atoms with van der Waals surface area (Å²) < 4.78 is 5.10. The zero-order chi connectivity index (χ0) is 10.8. The van der Waals surface area contributed by atoms with Crippen molar-refractivity contribution >= 4 is 11.6 Å². The van der Waals surface area contributed by atoms with E-state index in [2.05, 4.69) is 10.2 Å². The molecule has 4 N–H and O–H groups in total. The monoisotopic (exact) mass is 204 g/mol. The molecule has 2 heterocycles. The lowest BCUT2D eigenvalue weighted by atomic mass is 10.2. The van der Waals surface area contributed by atoms with Crippen molar-refractivity contribution in [2.45, 2.75) is 0 Å². The van der Waals surface area contributed by atoms with Gasteiger partial charge in [0.15, 0.2) is 11.5 Å². The van der Waals surface area contributed by atoms with E-state index < -0.39 is 5.91 Å². The number of anilines is 1. The number of amides is 1. The predicted octanol–water partition coefficient (Wildman–Crippen LogP) is 0.418. The van der Waals surface area contributed by atoms with Gasteiger partial charge in [-0.25, -0.2) is 0 Å². The molecule has 6 nitrogen and oxygen atoms in total. The maximum Gasteiger partial charge on any atom is 0.252 e. The quantitative estimate of drug-likeness (QED) is 0.736. The molecule has 0 saturated carbocycles. The van der Waals surface area contributed by atoms with E-state index in [1.54, 1.807) is 12.1 Å². The van der Waals surface area contributed by atoms with E-state index in [1.807, 2.05) is 0 Å². The first-order valence-electron chi connectivity index (χ1n) is 4.15. The average molecular weight is 204 g/mol. The molecule has 0 atom stereocenters. The molecule has 15 heavy (non-hydrogen) atoms. The van der Waals surface area contributed by atoms with Gasteiger partial charge in [0.2, 0.25) is 0 Å². The third kappa shape index (κ3) is 1.52. The molecule has 2 rings (SSSR count). The lowest BCUT2D eigenvalue weighted by Gasteiger charge is -2.03. The maximum atomic E-state index is 11.0. The fourth-order valence-corrected chi connectivity index (χ4v) is 1.19. The van der Waals surface area contributed by atoms with Gasteiger partial charge >= 0.3 is 0 Å². The normalized spacial score (nSPS) is 10.1. The van der Waals surface area contributed by atoms with Crippen LogP contribution in [0.5, 0.6) is 0 Å². The summed E-state index contributed by atoms with van der Waals surface area (Å²) >= 11 is 0. The Morgan fingerprint density at radius 3 is 2.87 bits per heavy atom. The Labute approximate surface area is 84.9 Å². The number of primary amides is 1. The number of nitrogens with two attached hydrogens (primary N) is 2. The van der Waals surface area contributed by atoms with E-state index in [9.17, 15) is 4.79 Å². The molecule has 76 valence electrons. The number of aromatic nitrogens is 2. The minimum absolute atomic E-state index is 0.136. The Morgan fingerprint density at radius 1 is 1.47 bits per heavy atom. The molecule has 0 fully saturated rings. The Hall–Kier alpha value is -2.37. The summed E-state index contributed by atoms with van der Waals surface area (Å²) in [7, 11) is 0. The van der Waals surface area contributed by atoms with Crippen LogP contribution >= 0.6 is 0 Å². The van der Waals surface area contributed by atoms with Crippen LogP contribution in [0.25, 0.3) is 11.5 Å². The minimum atomic E-state index is -0.643. The molecule has 2 aromatic heterocycles. The molecule has 0 spiro atoms. The summed E-state index contributed by atoms with van der Waals surface area (Å²) in [5, 5.41) is 7.42. The molecule has 2 aromatic rings. The van der Waals surface area contributed by atoms with Crippen molar-refractivity contribution in [2.75, 3.05) is 5.73 Å². The van der Waals surface area contributed by atoms with Gasteiger partial charge in [0.25, 0.3) is 5.91 Å². The number of carbonyl (C=O) groups is 1. The largest absolute Gasteiger partial charge is 0.463 e. The van der Waals surface area contributed by atoms with Crippen LogP contribution in [-0.4, -0.2) is 16.1 Å². The standard InChI is InChI=1S/C9H8N4O2/c10-7-5(9(11)14)4-12-13-8(7)6-2-1-3-15-6/h1-4H,(H2,10,12)(H2,11,14). The smallest absolute Gasteiger partial charge is 0.252 e. The van der Waals surface area contributed by atoms with Gasteiger partial charge in [-0.3, -0.25) is 4.79 Å². The highest BCUT2D eigenvalue weighted by atomic mass is 16.3. The van der Waals surface area contributed by atoms with Crippen LogP contribution in [0.3, 0.4) is 0 Å². The molecule has 0 radical (unpaired) electrons. The average Bonchev–Trinajstić information content (AvgIpc) is 2.70. The molecular formula is C9H8N4O2. The first-order valence-corrected chi connectivity index (χ1v) is 4.15. The summed E-state index contributed by atoms with van der Waals surface area (Å²) in [5.74, 6) is -0.196. The Kier molecular flexibility index (Phi) is 2.09. The van der Waals surface area contributed by atoms with Crippen LogP contribution in [0.15, 0.2) is 29.0 Å². The molecule has 0 unspecified atom stereocenters. The van der Waals surface area contributed by atoms with Gasteiger partial charge in [-0.2, -0.15) is 5.10 Å². The molecule has 0 aliphatic rings. The number of rotatable bonds is 2. The number of hydrogen-bond donors (Lipinski definition) is 2. The summed E-state index contributed by atoms with van der Waals surface area (Å²) in [5.41, 5.74) is 11.5. The SMILES string of the molecule is NC(=O)c1cnnc(-c2ccco2)c1N. The third-order valence-electron chi connectivity index (χ3n) is 1.91. The van der Waals surface area contributed by atoms with E-state index in [0.29, 0.717) is 11.5 Å². The molecule has 0 aromatic carbocycles. The zero-order valence-electron chi connectivity index (χ0n) is 7.68. The Balaban J connectivity index is 2.59. The Bertz CT molecular complexity index is 493. The van der Waals surface area contributed by atoms with E-state index in [4.69, 9.17) is 15.9 Å². The van der Waals surface area contributed by atoms with E-state index in [0.717, 1.165) is 0 Å². The zero-order valence-corrected chi connectivity index (χ0v) is 7.68. The highest BCUT2D eigenvalue weighted by molar-refractivity contribution is 6.00. The van der Waals surface area contributed by atoms with E-state index in [-0.39, 0.29) is 11.3 Å². The molecule has 0 saturated heterocycles.